The molecule has 7 heteroatoms. The van der Waals surface area contributed by atoms with E-state index in [0.717, 1.165) is 12.0 Å². The molecule has 3 aromatic rings. The van der Waals surface area contributed by atoms with Crippen molar-refractivity contribution in [1.29, 1.82) is 0 Å². The SMILES string of the molecule is CCc1ccc(Cn2c(Br)nnc2CCC(=O)[O-])c2ccccc12.[Na+]. The summed E-state index contributed by atoms with van der Waals surface area (Å²) in [5.41, 5.74) is 2.47. The molecule has 0 fully saturated rings. The van der Waals surface area contributed by atoms with E-state index < -0.39 is 5.97 Å². The van der Waals surface area contributed by atoms with Crippen LogP contribution in [0.2, 0.25) is 0 Å². The third-order valence-electron chi connectivity index (χ3n) is 4.15. The van der Waals surface area contributed by atoms with Gasteiger partial charge in [-0.15, -0.1) is 10.2 Å². The second-order valence-electron chi connectivity index (χ2n) is 5.63. The molecule has 3 rings (SSSR count). The summed E-state index contributed by atoms with van der Waals surface area (Å²) in [6.07, 6.45) is 1.21. The van der Waals surface area contributed by atoms with Crippen molar-refractivity contribution in [3.8, 4) is 0 Å². The number of hydrogen-bond donors (Lipinski definition) is 0. The Hall–Kier alpha value is -1.21. The third kappa shape index (κ3) is 4.50. The van der Waals surface area contributed by atoms with Gasteiger partial charge in [0.05, 0.1) is 6.54 Å². The smallest absolute Gasteiger partial charge is 0.550 e. The van der Waals surface area contributed by atoms with Crippen molar-refractivity contribution in [1.82, 2.24) is 14.8 Å². The quantitative estimate of drug-likeness (QED) is 0.514. The average Bonchev–Trinajstić information content (AvgIpc) is 2.93. The van der Waals surface area contributed by atoms with Crippen LogP contribution in [0, 0.1) is 0 Å². The van der Waals surface area contributed by atoms with E-state index in [1.54, 1.807) is 0 Å². The minimum atomic E-state index is -1.08. The molecule has 0 saturated carbocycles. The first-order chi connectivity index (χ1) is 11.6. The Morgan fingerprint density at radius 2 is 1.76 bits per heavy atom. The minimum absolute atomic E-state index is 0. The molecule has 0 aliphatic heterocycles. The van der Waals surface area contributed by atoms with Crippen molar-refractivity contribution in [2.75, 3.05) is 0 Å². The Bertz CT molecular complexity index is 895. The van der Waals surface area contributed by atoms with Crippen LogP contribution >= 0.6 is 15.9 Å². The van der Waals surface area contributed by atoms with Crippen LogP contribution in [0.1, 0.15) is 30.3 Å². The summed E-state index contributed by atoms with van der Waals surface area (Å²) < 4.78 is 2.50. The zero-order valence-corrected chi connectivity index (χ0v) is 17.9. The van der Waals surface area contributed by atoms with Crippen LogP contribution in [0.4, 0.5) is 0 Å². The Morgan fingerprint density at radius 1 is 1.12 bits per heavy atom. The van der Waals surface area contributed by atoms with E-state index >= 15 is 0 Å². The van der Waals surface area contributed by atoms with Gasteiger partial charge in [0.25, 0.3) is 0 Å². The molecule has 2 aromatic carbocycles. The van der Waals surface area contributed by atoms with Gasteiger partial charge in [-0.1, -0.05) is 43.3 Å². The standard InChI is InChI=1S/C18H18BrN3O2.Na/c1-2-12-7-8-13(15-6-4-3-5-14(12)15)11-22-16(9-10-17(23)24)20-21-18(22)19;/h3-8H,2,9-11H2,1H3,(H,23,24);/q;+1/p-1. The van der Waals surface area contributed by atoms with Crippen molar-refractivity contribution in [2.24, 2.45) is 0 Å². The average molecular weight is 410 g/mol. The summed E-state index contributed by atoms with van der Waals surface area (Å²) in [5, 5.41) is 21.3. The number of carbonyl (C=O) groups excluding carboxylic acids is 1. The largest absolute Gasteiger partial charge is 1.00 e. The van der Waals surface area contributed by atoms with Gasteiger partial charge in [0.15, 0.2) is 4.73 Å². The van der Waals surface area contributed by atoms with Gasteiger partial charge in [0.1, 0.15) is 5.82 Å². The molecule has 5 nitrogen and oxygen atoms in total. The molecular formula is C18H17BrN3NaO2. The maximum atomic E-state index is 10.7. The van der Waals surface area contributed by atoms with Crippen molar-refractivity contribution in [2.45, 2.75) is 32.7 Å². The first kappa shape index (κ1) is 20.1. The van der Waals surface area contributed by atoms with E-state index in [2.05, 4.69) is 57.3 Å². The van der Waals surface area contributed by atoms with Crippen molar-refractivity contribution >= 4 is 32.7 Å². The minimum Gasteiger partial charge on any atom is -0.550 e. The van der Waals surface area contributed by atoms with Crippen LogP contribution in [0.15, 0.2) is 41.1 Å². The second kappa shape index (κ2) is 8.94. The molecule has 1 aromatic heterocycles. The molecule has 25 heavy (non-hydrogen) atoms. The first-order valence-electron chi connectivity index (χ1n) is 7.87. The molecule has 1 heterocycles. The van der Waals surface area contributed by atoms with Gasteiger partial charge in [-0.2, -0.15) is 0 Å². The number of hydrogen-bond acceptors (Lipinski definition) is 4. The van der Waals surface area contributed by atoms with Crippen LogP contribution in [0.5, 0.6) is 0 Å². The van der Waals surface area contributed by atoms with Gasteiger partial charge in [0, 0.05) is 12.4 Å². The van der Waals surface area contributed by atoms with Gasteiger partial charge in [-0.25, -0.2) is 0 Å². The number of nitrogens with zero attached hydrogens (tertiary/aromatic N) is 3. The molecule has 0 atom stereocenters. The van der Waals surface area contributed by atoms with Crippen molar-refractivity contribution in [3.05, 3.63) is 58.1 Å². The van der Waals surface area contributed by atoms with Crippen LogP contribution in [0.3, 0.4) is 0 Å². The summed E-state index contributed by atoms with van der Waals surface area (Å²) in [7, 11) is 0. The summed E-state index contributed by atoms with van der Waals surface area (Å²) in [6, 6.07) is 12.6. The van der Waals surface area contributed by atoms with E-state index in [1.807, 2.05) is 16.7 Å². The van der Waals surface area contributed by atoms with E-state index in [4.69, 9.17) is 0 Å². The zero-order valence-electron chi connectivity index (χ0n) is 14.3. The van der Waals surface area contributed by atoms with Gasteiger partial charge in [0.2, 0.25) is 0 Å². The third-order valence-corrected chi connectivity index (χ3v) is 4.74. The molecule has 0 amide bonds. The van der Waals surface area contributed by atoms with Crippen molar-refractivity contribution in [3.63, 3.8) is 0 Å². The number of benzene rings is 2. The molecule has 0 N–H and O–H groups in total. The molecule has 0 saturated heterocycles. The molecular weight excluding hydrogens is 393 g/mol. The summed E-state index contributed by atoms with van der Waals surface area (Å²) >= 11 is 3.40. The van der Waals surface area contributed by atoms with Crippen LogP contribution in [0.25, 0.3) is 10.8 Å². The number of aryl methyl sites for hydroxylation is 2. The molecule has 0 unspecified atom stereocenters. The van der Waals surface area contributed by atoms with Gasteiger partial charge < -0.3 is 14.5 Å². The Morgan fingerprint density at radius 3 is 2.40 bits per heavy atom. The zero-order chi connectivity index (χ0) is 17.1. The number of carboxylic acids is 1. The first-order valence-corrected chi connectivity index (χ1v) is 8.66. The maximum absolute atomic E-state index is 10.7. The fraction of sp³-hybridized carbons (Fsp3) is 0.278. The molecule has 0 aliphatic carbocycles. The number of carbonyl (C=O) groups is 1. The number of fused-ring (bicyclic) bond motifs is 1. The predicted octanol–water partition coefficient (Wildman–Crippen LogP) is -0.509. The van der Waals surface area contributed by atoms with E-state index in [-0.39, 0.29) is 36.0 Å². The van der Waals surface area contributed by atoms with Gasteiger partial charge >= 0.3 is 29.6 Å². The number of carboxylic acid groups (broad SMARTS) is 1. The number of aliphatic carboxylic acids is 1. The topological polar surface area (TPSA) is 70.8 Å². The molecule has 124 valence electrons. The van der Waals surface area contributed by atoms with Gasteiger partial charge in [-0.05, 0) is 50.7 Å². The monoisotopic (exact) mass is 409 g/mol. The van der Waals surface area contributed by atoms with E-state index in [1.165, 1.54) is 16.3 Å². The Balaban J connectivity index is 0.00000225. The molecule has 0 aliphatic rings. The molecule has 0 spiro atoms. The normalized spacial score (nSPS) is 10.6. The number of rotatable bonds is 6. The Kier molecular flexibility index (Phi) is 7.19. The maximum Gasteiger partial charge on any atom is 1.00 e. The van der Waals surface area contributed by atoms with Crippen LogP contribution in [-0.2, 0) is 24.2 Å². The van der Waals surface area contributed by atoms with Crippen molar-refractivity contribution < 1.29 is 39.5 Å². The fourth-order valence-electron chi connectivity index (χ4n) is 2.91. The number of aromatic nitrogens is 3. The van der Waals surface area contributed by atoms with Crippen LogP contribution in [-0.4, -0.2) is 20.7 Å². The molecule has 0 radical (unpaired) electrons. The Labute approximate surface area is 176 Å². The summed E-state index contributed by atoms with van der Waals surface area (Å²) in [4.78, 5) is 10.7. The van der Waals surface area contributed by atoms with Gasteiger partial charge in [-0.3, -0.25) is 0 Å². The van der Waals surface area contributed by atoms with Crippen LogP contribution < -0.4 is 34.7 Å². The summed E-state index contributed by atoms with van der Waals surface area (Å²) in [6.45, 7) is 2.73. The number of halogens is 1. The summed E-state index contributed by atoms with van der Waals surface area (Å²) in [5.74, 6) is -0.451. The predicted molar refractivity (Wildman–Crippen MR) is 93.5 cm³/mol. The molecule has 0 bridgehead atoms. The van der Waals surface area contributed by atoms with E-state index in [9.17, 15) is 9.90 Å². The second-order valence-corrected chi connectivity index (χ2v) is 6.34. The fourth-order valence-corrected chi connectivity index (χ4v) is 3.32. The van der Waals surface area contributed by atoms with E-state index in [0.29, 0.717) is 23.5 Å².